The van der Waals surface area contributed by atoms with Crippen molar-refractivity contribution in [1.82, 2.24) is 10.2 Å². The second kappa shape index (κ2) is 4.97. The third-order valence-electron chi connectivity index (χ3n) is 2.98. The first-order valence-corrected chi connectivity index (χ1v) is 6.61. The zero-order chi connectivity index (χ0) is 13.2. The molecule has 0 radical (unpaired) electrons. The third-order valence-corrected chi connectivity index (χ3v) is 3.47. The molecule has 1 amide bonds. The Morgan fingerprint density at radius 3 is 2.89 bits per heavy atom. The Morgan fingerprint density at radius 1 is 1.21 bits per heavy atom. The molecule has 96 valence electrons. The molecule has 0 atom stereocenters. The molecule has 1 N–H and O–H groups in total. The number of hydrogen-bond donors (Lipinski definition) is 1. The van der Waals surface area contributed by atoms with Crippen LogP contribution in [0.2, 0.25) is 0 Å². The predicted molar refractivity (Wildman–Crippen MR) is 75.9 cm³/mol. The van der Waals surface area contributed by atoms with Crippen LogP contribution in [0.25, 0.3) is 0 Å². The zero-order valence-corrected chi connectivity index (χ0v) is 11.6. The molecule has 1 aliphatic rings. The van der Waals surface area contributed by atoms with E-state index < -0.39 is 0 Å². The molecule has 0 saturated carbocycles. The molecule has 0 saturated heterocycles. The summed E-state index contributed by atoms with van der Waals surface area (Å²) in [6.45, 7) is 0.963. The minimum atomic E-state index is -0.0336. The maximum absolute atomic E-state index is 11.9. The number of hydrogen-bond acceptors (Lipinski definition) is 4. The minimum Gasteiger partial charge on any atom is -0.356 e. The van der Waals surface area contributed by atoms with Crippen LogP contribution in [0, 0.1) is 0 Å². The number of amides is 1. The van der Waals surface area contributed by atoms with E-state index in [1.807, 2.05) is 29.2 Å². The fraction of sp³-hybridized carbons (Fsp3) is 0.154. The Kier molecular flexibility index (Phi) is 3.16. The molecule has 3 rings (SSSR count). The Bertz CT molecular complexity index is 617. The van der Waals surface area contributed by atoms with Crippen LogP contribution >= 0.6 is 15.9 Å². The molecule has 0 spiro atoms. The van der Waals surface area contributed by atoms with Crippen LogP contribution in [-0.2, 0) is 11.3 Å². The van der Waals surface area contributed by atoms with Gasteiger partial charge >= 0.3 is 0 Å². The monoisotopic (exact) mass is 318 g/mol. The van der Waals surface area contributed by atoms with E-state index in [-0.39, 0.29) is 5.91 Å². The molecular formula is C13H11BrN4O. The van der Waals surface area contributed by atoms with Crippen LogP contribution in [-0.4, -0.2) is 22.6 Å². The van der Waals surface area contributed by atoms with Crippen molar-refractivity contribution in [2.45, 2.75) is 6.54 Å². The Morgan fingerprint density at radius 2 is 2.11 bits per heavy atom. The predicted octanol–water partition coefficient (Wildman–Crippen LogP) is 2.20. The second-order valence-electron chi connectivity index (χ2n) is 4.31. The number of nitrogens with one attached hydrogen (secondary N) is 1. The summed E-state index contributed by atoms with van der Waals surface area (Å²) in [7, 11) is 0. The second-order valence-corrected chi connectivity index (χ2v) is 5.22. The first-order chi connectivity index (χ1) is 9.22. The highest BCUT2D eigenvalue weighted by Gasteiger charge is 2.19. The van der Waals surface area contributed by atoms with E-state index in [9.17, 15) is 4.79 Å². The van der Waals surface area contributed by atoms with Gasteiger partial charge in [0.2, 0.25) is 5.91 Å². The lowest BCUT2D eigenvalue weighted by atomic mass is 10.1. The van der Waals surface area contributed by atoms with Crippen molar-refractivity contribution in [2.75, 3.05) is 16.8 Å². The van der Waals surface area contributed by atoms with Gasteiger partial charge in [0.15, 0.2) is 0 Å². The van der Waals surface area contributed by atoms with Gasteiger partial charge in [-0.25, -0.2) is 0 Å². The maximum atomic E-state index is 11.9. The topological polar surface area (TPSA) is 58.1 Å². The van der Waals surface area contributed by atoms with Crippen molar-refractivity contribution >= 4 is 33.2 Å². The van der Waals surface area contributed by atoms with Gasteiger partial charge in [-0.2, -0.15) is 10.2 Å². The van der Waals surface area contributed by atoms with Gasteiger partial charge in [0.25, 0.3) is 0 Å². The summed E-state index contributed by atoms with van der Waals surface area (Å²) in [5.74, 6) is -0.0336. The molecule has 1 aliphatic heterocycles. The maximum Gasteiger partial charge on any atom is 0.243 e. The highest BCUT2D eigenvalue weighted by Crippen LogP contribution is 2.26. The molecule has 2 heterocycles. The Labute approximate surface area is 118 Å². The van der Waals surface area contributed by atoms with Crippen molar-refractivity contribution in [1.29, 1.82) is 0 Å². The number of carbonyl (C=O) groups is 1. The lowest BCUT2D eigenvalue weighted by Gasteiger charge is -2.20. The lowest BCUT2D eigenvalue weighted by Crippen LogP contribution is -2.29. The van der Waals surface area contributed by atoms with Crippen LogP contribution in [0.3, 0.4) is 0 Å². The summed E-state index contributed by atoms with van der Waals surface area (Å²) in [5, 5.41) is 10.5. The van der Waals surface area contributed by atoms with E-state index in [1.54, 1.807) is 12.4 Å². The molecule has 1 aromatic carbocycles. The summed E-state index contributed by atoms with van der Waals surface area (Å²) in [6, 6.07) is 7.75. The number of nitrogens with zero attached hydrogens (tertiary/aromatic N) is 3. The average Bonchev–Trinajstić information content (AvgIpc) is 2.57. The smallest absolute Gasteiger partial charge is 0.243 e. The number of aromatic nitrogens is 2. The van der Waals surface area contributed by atoms with Crippen molar-refractivity contribution in [2.24, 2.45) is 0 Å². The molecule has 0 aliphatic carbocycles. The fourth-order valence-electron chi connectivity index (χ4n) is 2.08. The van der Waals surface area contributed by atoms with E-state index in [0.29, 0.717) is 13.1 Å². The van der Waals surface area contributed by atoms with Crippen molar-refractivity contribution in [3.8, 4) is 0 Å². The van der Waals surface area contributed by atoms with Crippen LogP contribution < -0.4 is 10.2 Å². The van der Waals surface area contributed by atoms with Gasteiger partial charge in [-0.05, 0) is 23.8 Å². The van der Waals surface area contributed by atoms with Gasteiger partial charge in [-0.15, -0.1) is 0 Å². The standard InChI is InChI=1S/C13H11BrN4O/c14-10-2-1-9-7-18(11-3-4-15-16-6-11)8-13(19)17-12(9)5-10/h1-6H,7-8H2,(H,17,19). The highest BCUT2D eigenvalue weighted by atomic mass is 79.9. The number of carbonyl (C=O) groups excluding carboxylic acids is 1. The molecule has 19 heavy (non-hydrogen) atoms. The number of benzene rings is 1. The van der Waals surface area contributed by atoms with E-state index in [1.165, 1.54) is 0 Å². The normalized spacial score (nSPS) is 14.6. The molecule has 0 unspecified atom stereocenters. The summed E-state index contributed by atoms with van der Waals surface area (Å²) < 4.78 is 0.950. The van der Waals surface area contributed by atoms with Gasteiger partial charge in [-0.3, -0.25) is 4.79 Å². The van der Waals surface area contributed by atoms with E-state index in [2.05, 4.69) is 31.4 Å². The summed E-state index contributed by atoms with van der Waals surface area (Å²) in [4.78, 5) is 13.9. The van der Waals surface area contributed by atoms with Gasteiger partial charge < -0.3 is 10.2 Å². The van der Waals surface area contributed by atoms with Crippen LogP contribution in [0.5, 0.6) is 0 Å². The highest BCUT2D eigenvalue weighted by molar-refractivity contribution is 9.10. The minimum absolute atomic E-state index is 0.0336. The Balaban J connectivity index is 1.98. The molecule has 0 fully saturated rings. The zero-order valence-electron chi connectivity index (χ0n) is 10.0. The molecule has 2 aromatic rings. The number of halogens is 1. The largest absolute Gasteiger partial charge is 0.356 e. The van der Waals surface area contributed by atoms with Crippen molar-refractivity contribution in [3.05, 3.63) is 46.7 Å². The molecule has 0 bridgehead atoms. The molecule has 1 aromatic heterocycles. The first-order valence-electron chi connectivity index (χ1n) is 5.82. The number of fused-ring (bicyclic) bond motifs is 1. The van der Waals surface area contributed by atoms with Crippen molar-refractivity contribution < 1.29 is 4.79 Å². The first kappa shape index (κ1) is 12.1. The van der Waals surface area contributed by atoms with E-state index in [0.717, 1.165) is 21.4 Å². The Hall–Kier alpha value is -1.95. The van der Waals surface area contributed by atoms with Crippen molar-refractivity contribution in [3.63, 3.8) is 0 Å². The third kappa shape index (κ3) is 2.58. The quantitative estimate of drug-likeness (QED) is 0.875. The van der Waals surface area contributed by atoms with Gasteiger partial charge in [0, 0.05) is 16.7 Å². The van der Waals surface area contributed by atoms with Crippen LogP contribution in [0.15, 0.2) is 41.1 Å². The SMILES string of the molecule is O=C1CN(c2ccnnc2)Cc2ccc(Br)cc2N1. The summed E-state index contributed by atoms with van der Waals surface area (Å²) >= 11 is 3.41. The molecule has 5 nitrogen and oxygen atoms in total. The average molecular weight is 319 g/mol. The van der Waals surface area contributed by atoms with Crippen LogP contribution in [0.4, 0.5) is 11.4 Å². The molecule has 6 heteroatoms. The lowest BCUT2D eigenvalue weighted by molar-refractivity contribution is -0.114. The van der Waals surface area contributed by atoms with Gasteiger partial charge in [-0.1, -0.05) is 22.0 Å². The van der Waals surface area contributed by atoms with E-state index >= 15 is 0 Å². The van der Waals surface area contributed by atoms with Gasteiger partial charge in [0.05, 0.1) is 24.6 Å². The van der Waals surface area contributed by atoms with Crippen LogP contribution in [0.1, 0.15) is 5.56 Å². The fourth-order valence-corrected chi connectivity index (χ4v) is 2.44. The number of rotatable bonds is 1. The molecular weight excluding hydrogens is 308 g/mol. The number of anilines is 2. The van der Waals surface area contributed by atoms with Gasteiger partial charge in [0.1, 0.15) is 0 Å². The van der Waals surface area contributed by atoms with E-state index in [4.69, 9.17) is 0 Å². The summed E-state index contributed by atoms with van der Waals surface area (Å²) in [6.07, 6.45) is 3.29. The summed E-state index contributed by atoms with van der Waals surface area (Å²) in [5.41, 5.74) is 2.82.